The Labute approximate surface area is 77.7 Å². The van der Waals surface area contributed by atoms with Crippen LogP contribution in [0, 0.1) is 0 Å². The van der Waals surface area contributed by atoms with Gasteiger partial charge in [0.25, 0.3) is 0 Å². The first-order valence-corrected chi connectivity index (χ1v) is 4.65. The molecule has 0 aromatic carbocycles. The first-order valence-electron chi connectivity index (χ1n) is 4.65. The number of carbonyl (C=O) groups excluding carboxylic acids is 1. The quantitative estimate of drug-likeness (QED) is 0.715. The normalized spacial score (nSPS) is 21.9. The van der Waals surface area contributed by atoms with Gasteiger partial charge in [-0.15, -0.1) is 0 Å². The minimum atomic E-state index is 0.194. The fourth-order valence-electron chi connectivity index (χ4n) is 1.79. The van der Waals surface area contributed by atoms with Crippen LogP contribution in [-0.2, 0) is 18.3 Å². The minimum Gasteiger partial charge on any atom is -0.354 e. The van der Waals surface area contributed by atoms with Gasteiger partial charge in [-0.3, -0.25) is 4.79 Å². The van der Waals surface area contributed by atoms with Crippen LogP contribution < -0.4 is 5.32 Å². The van der Waals surface area contributed by atoms with Gasteiger partial charge in [0.1, 0.15) is 0 Å². The number of hydrogen-bond donors (Lipinski definition) is 1. The Kier molecular flexibility index (Phi) is 2.08. The summed E-state index contributed by atoms with van der Waals surface area (Å²) in [5, 5.41) is 2.97. The first kappa shape index (κ1) is 8.35. The van der Waals surface area contributed by atoms with E-state index in [4.69, 9.17) is 0 Å². The van der Waals surface area contributed by atoms with Gasteiger partial charge in [0.05, 0.1) is 0 Å². The van der Waals surface area contributed by atoms with Crippen molar-refractivity contribution >= 4 is 5.91 Å². The van der Waals surface area contributed by atoms with E-state index in [9.17, 15) is 4.79 Å². The average molecular weight is 178 g/mol. The second-order valence-electron chi connectivity index (χ2n) is 3.62. The second kappa shape index (κ2) is 3.24. The lowest BCUT2D eigenvalue weighted by atomic mass is 10.1. The van der Waals surface area contributed by atoms with Crippen LogP contribution in [0.2, 0.25) is 0 Å². The topological polar surface area (TPSA) is 34.0 Å². The maximum Gasteiger partial charge on any atom is 0.220 e. The molecule has 1 saturated heterocycles. The number of aryl methyl sites for hydroxylation is 1. The zero-order valence-electron chi connectivity index (χ0n) is 7.79. The lowest BCUT2D eigenvalue weighted by molar-refractivity contribution is -0.119. The molecule has 1 N–H and O–H groups in total. The molecule has 1 aliphatic heterocycles. The molecule has 0 radical (unpaired) electrons. The van der Waals surface area contributed by atoms with Crippen LogP contribution in [0.4, 0.5) is 0 Å². The molecule has 1 fully saturated rings. The number of aromatic nitrogens is 1. The molecule has 0 aliphatic carbocycles. The van der Waals surface area contributed by atoms with Crippen LogP contribution >= 0.6 is 0 Å². The molecule has 0 bridgehead atoms. The molecule has 70 valence electrons. The van der Waals surface area contributed by atoms with Crippen LogP contribution in [-0.4, -0.2) is 16.5 Å². The lowest BCUT2D eigenvalue weighted by Gasteiger charge is -2.10. The fraction of sp³-hybridized carbons (Fsp3) is 0.500. The molecule has 2 rings (SSSR count). The lowest BCUT2D eigenvalue weighted by Crippen LogP contribution is -2.27. The summed E-state index contributed by atoms with van der Waals surface area (Å²) >= 11 is 0. The van der Waals surface area contributed by atoms with Crippen LogP contribution in [0.15, 0.2) is 18.3 Å². The largest absolute Gasteiger partial charge is 0.354 e. The molecule has 1 aliphatic rings. The molecule has 2 heterocycles. The van der Waals surface area contributed by atoms with E-state index in [0.29, 0.717) is 12.5 Å². The van der Waals surface area contributed by atoms with Crippen LogP contribution in [0.3, 0.4) is 0 Å². The molecule has 1 amide bonds. The zero-order valence-corrected chi connectivity index (χ0v) is 7.79. The third-order valence-electron chi connectivity index (χ3n) is 2.59. The van der Waals surface area contributed by atoms with Crippen molar-refractivity contribution in [3.05, 3.63) is 24.0 Å². The van der Waals surface area contributed by atoms with Gasteiger partial charge >= 0.3 is 0 Å². The van der Waals surface area contributed by atoms with E-state index in [-0.39, 0.29) is 5.91 Å². The Bertz CT molecular complexity index is 316. The summed E-state index contributed by atoms with van der Waals surface area (Å²) in [6, 6.07) is 4.48. The molecule has 1 aromatic heterocycles. The molecule has 13 heavy (non-hydrogen) atoms. The van der Waals surface area contributed by atoms with Gasteiger partial charge in [0.15, 0.2) is 0 Å². The van der Waals surface area contributed by atoms with Crippen molar-refractivity contribution < 1.29 is 4.79 Å². The SMILES string of the molecule is Cn1cccc1CC1CCC(=O)N1. The van der Waals surface area contributed by atoms with Crippen molar-refractivity contribution in [2.24, 2.45) is 7.05 Å². The van der Waals surface area contributed by atoms with Crippen molar-refractivity contribution in [2.45, 2.75) is 25.3 Å². The highest BCUT2D eigenvalue weighted by Gasteiger charge is 2.21. The van der Waals surface area contributed by atoms with Crippen molar-refractivity contribution in [3.8, 4) is 0 Å². The van der Waals surface area contributed by atoms with Crippen molar-refractivity contribution in [1.29, 1.82) is 0 Å². The second-order valence-corrected chi connectivity index (χ2v) is 3.62. The molecule has 1 atom stereocenters. The summed E-state index contributed by atoms with van der Waals surface area (Å²) in [5.74, 6) is 0.194. The Morgan fingerprint density at radius 2 is 2.54 bits per heavy atom. The molecular weight excluding hydrogens is 164 g/mol. The van der Waals surface area contributed by atoms with Gasteiger partial charge in [-0.2, -0.15) is 0 Å². The maximum atomic E-state index is 10.9. The van der Waals surface area contributed by atoms with Gasteiger partial charge in [0.2, 0.25) is 5.91 Å². The summed E-state index contributed by atoms with van der Waals surface area (Å²) < 4.78 is 2.10. The fourth-order valence-corrected chi connectivity index (χ4v) is 1.79. The molecule has 1 unspecified atom stereocenters. The highest BCUT2D eigenvalue weighted by molar-refractivity contribution is 5.78. The molecule has 3 nitrogen and oxygen atoms in total. The molecular formula is C10H14N2O. The minimum absolute atomic E-state index is 0.194. The van der Waals surface area contributed by atoms with E-state index >= 15 is 0 Å². The number of hydrogen-bond acceptors (Lipinski definition) is 1. The molecule has 0 spiro atoms. The monoisotopic (exact) mass is 178 g/mol. The van der Waals surface area contributed by atoms with Gasteiger partial charge < -0.3 is 9.88 Å². The Balaban J connectivity index is 1.99. The first-order chi connectivity index (χ1) is 6.25. The number of rotatable bonds is 2. The maximum absolute atomic E-state index is 10.9. The molecule has 1 aromatic rings. The van der Waals surface area contributed by atoms with Gasteiger partial charge in [-0.05, 0) is 18.6 Å². The van der Waals surface area contributed by atoms with Crippen molar-refractivity contribution in [3.63, 3.8) is 0 Å². The average Bonchev–Trinajstić information content (AvgIpc) is 2.64. The van der Waals surface area contributed by atoms with Crippen molar-refractivity contribution in [1.82, 2.24) is 9.88 Å². The Morgan fingerprint density at radius 1 is 1.69 bits per heavy atom. The van der Waals surface area contributed by atoms with Crippen LogP contribution in [0.1, 0.15) is 18.5 Å². The van der Waals surface area contributed by atoms with E-state index in [1.807, 2.05) is 19.3 Å². The summed E-state index contributed by atoms with van der Waals surface area (Å²) in [6.45, 7) is 0. The third-order valence-corrected chi connectivity index (χ3v) is 2.59. The van der Waals surface area contributed by atoms with Gasteiger partial charge in [-0.25, -0.2) is 0 Å². The highest BCUT2D eigenvalue weighted by Crippen LogP contribution is 2.12. The van der Waals surface area contributed by atoms with E-state index in [1.54, 1.807) is 0 Å². The van der Waals surface area contributed by atoms with Crippen molar-refractivity contribution in [2.75, 3.05) is 0 Å². The highest BCUT2D eigenvalue weighted by atomic mass is 16.1. The molecule has 3 heteroatoms. The predicted molar refractivity (Wildman–Crippen MR) is 50.3 cm³/mol. The number of nitrogens with one attached hydrogen (secondary N) is 1. The van der Waals surface area contributed by atoms with Crippen LogP contribution in [0.25, 0.3) is 0 Å². The van der Waals surface area contributed by atoms with E-state index in [1.165, 1.54) is 5.69 Å². The zero-order chi connectivity index (χ0) is 9.26. The summed E-state index contributed by atoms with van der Waals surface area (Å²) in [6.07, 6.45) is 4.65. The predicted octanol–water partition coefficient (Wildman–Crippen LogP) is 0.846. The number of carbonyl (C=O) groups is 1. The smallest absolute Gasteiger partial charge is 0.220 e. The van der Waals surface area contributed by atoms with E-state index < -0.39 is 0 Å². The number of nitrogens with zero attached hydrogens (tertiary/aromatic N) is 1. The van der Waals surface area contributed by atoms with Gasteiger partial charge in [0, 0.05) is 37.8 Å². The third kappa shape index (κ3) is 1.74. The Morgan fingerprint density at radius 3 is 3.08 bits per heavy atom. The summed E-state index contributed by atoms with van der Waals surface area (Å²) in [5.41, 5.74) is 1.28. The van der Waals surface area contributed by atoms with E-state index in [2.05, 4.69) is 16.0 Å². The van der Waals surface area contributed by atoms with E-state index in [0.717, 1.165) is 12.8 Å². The van der Waals surface area contributed by atoms with Gasteiger partial charge in [-0.1, -0.05) is 0 Å². The summed E-state index contributed by atoms with van der Waals surface area (Å²) in [4.78, 5) is 10.9. The number of amides is 1. The summed E-state index contributed by atoms with van der Waals surface area (Å²) in [7, 11) is 2.03. The standard InChI is InChI=1S/C10H14N2O/c1-12-6-2-3-9(12)7-8-4-5-10(13)11-8/h2-3,6,8H,4-5,7H2,1H3,(H,11,13). The molecule has 0 saturated carbocycles. The van der Waals surface area contributed by atoms with Crippen LogP contribution in [0.5, 0.6) is 0 Å². The Hall–Kier alpha value is -1.25.